The molecule has 0 aliphatic carbocycles. The van der Waals surface area contributed by atoms with E-state index < -0.39 is 0 Å². The summed E-state index contributed by atoms with van der Waals surface area (Å²) in [6, 6.07) is 0. The van der Waals surface area contributed by atoms with Gasteiger partial charge in [0.15, 0.2) is 0 Å². The van der Waals surface area contributed by atoms with Crippen molar-refractivity contribution < 1.29 is 19.3 Å². The van der Waals surface area contributed by atoms with Crippen molar-refractivity contribution in [3.8, 4) is 0 Å². The lowest BCUT2D eigenvalue weighted by Gasteiger charge is -2.26. The van der Waals surface area contributed by atoms with Gasteiger partial charge in [0.2, 0.25) is 0 Å². The van der Waals surface area contributed by atoms with E-state index in [9.17, 15) is 0 Å². The third kappa shape index (κ3) is 11.4. The Morgan fingerprint density at radius 1 is 0.818 bits per heavy atom. The Labute approximate surface area is 137 Å². The van der Waals surface area contributed by atoms with Crippen LogP contribution in [0.1, 0.15) is 67.2 Å². The normalized spacial score (nSPS) is 17.5. The molecule has 0 amide bonds. The Hall–Kier alpha value is -0.160. The maximum Gasteiger partial charge on any atom is 0.0784 e. The van der Waals surface area contributed by atoms with Crippen molar-refractivity contribution in [2.75, 3.05) is 19.8 Å². The third-order valence-electron chi connectivity index (χ3n) is 3.73. The second-order valence-corrected chi connectivity index (χ2v) is 6.70. The standard InChI is InChI=1S/C18H38O4/c1-7-8-9-10-18(14(2)3)22-17(6)13-21-16(5)12-20-15(4)11-19/h14-19H,7-13H2,1-6H3. The molecule has 134 valence electrons. The molecule has 0 aromatic carbocycles. The summed E-state index contributed by atoms with van der Waals surface area (Å²) in [7, 11) is 0. The molecule has 0 saturated heterocycles. The lowest BCUT2D eigenvalue weighted by atomic mass is 10.0. The number of hydrogen-bond acceptors (Lipinski definition) is 4. The Morgan fingerprint density at radius 2 is 1.41 bits per heavy atom. The molecule has 4 unspecified atom stereocenters. The van der Waals surface area contributed by atoms with Gasteiger partial charge in [-0.15, -0.1) is 0 Å². The molecule has 0 heterocycles. The molecule has 0 aliphatic heterocycles. The fraction of sp³-hybridized carbons (Fsp3) is 1.00. The SMILES string of the molecule is CCCCCC(OC(C)COC(C)COC(C)CO)C(C)C. The fourth-order valence-electron chi connectivity index (χ4n) is 2.19. The van der Waals surface area contributed by atoms with Crippen molar-refractivity contribution >= 4 is 0 Å². The van der Waals surface area contributed by atoms with E-state index in [0.717, 1.165) is 6.42 Å². The zero-order valence-corrected chi connectivity index (χ0v) is 15.5. The van der Waals surface area contributed by atoms with Crippen LogP contribution in [0.25, 0.3) is 0 Å². The van der Waals surface area contributed by atoms with Crippen molar-refractivity contribution in [2.45, 2.75) is 91.6 Å². The fourth-order valence-corrected chi connectivity index (χ4v) is 2.19. The number of aliphatic hydroxyl groups is 1. The number of unbranched alkanes of at least 4 members (excludes halogenated alkanes) is 2. The van der Waals surface area contributed by atoms with E-state index in [-0.39, 0.29) is 24.9 Å². The first-order chi connectivity index (χ1) is 10.4. The molecule has 0 radical (unpaired) electrons. The second kappa shape index (κ2) is 13.3. The van der Waals surface area contributed by atoms with Crippen LogP contribution < -0.4 is 0 Å². The smallest absolute Gasteiger partial charge is 0.0784 e. The first-order valence-corrected chi connectivity index (χ1v) is 8.90. The van der Waals surface area contributed by atoms with Gasteiger partial charge in [0.1, 0.15) is 0 Å². The average molecular weight is 318 g/mol. The van der Waals surface area contributed by atoms with E-state index in [1.807, 2.05) is 13.8 Å². The molecule has 0 saturated carbocycles. The molecule has 4 nitrogen and oxygen atoms in total. The minimum Gasteiger partial charge on any atom is -0.394 e. The molecule has 4 atom stereocenters. The molecule has 0 spiro atoms. The van der Waals surface area contributed by atoms with Crippen LogP contribution in [0, 0.1) is 5.92 Å². The summed E-state index contributed by atoms with van der Waals surface area (Å²) >= 11 is 0. The highest BCUT2D eigenvalue weighted by molar-refractivity contribution is 4.65. The molecular weight excluding hydrogens is 280 g/mol. The molecule has 0 aromatic heterocycles. The zero-order chi connectivity index (χ0) is 17.0. The molecule has 0 aromatic rings. The van der Waals surface area contributed by atoms with Gasteiger partial charge in [0, 0.05) is 0 Å². The minimum atomic E-state index is -0.136. The van der Waals surface area contributed by atoms with Crippen LogP contribution in [-0.2, 0) is 14.2 Å². The highest BCUT2D eigenvalue weighted by atomic mass is 16.6. The van der Waals surface area contributed by atoms with E-state index in [1.165, 1.54) is 19.3 Å². The molecule has 0 bridgehead atoms. The summed E-state index contributed by atoms with van der Waals surface area (Å²) in [4.78, 5) is 0. The van der Waals surface area contributed by atoms with Gasteiger partial charge in [-0.3, -0.25) is 0 Å². The average Bonchev–Trinajstić information content (AvgIpc) is 2.49. The molecule has 1 N–H and O–H groups in total. The Kier molecular flexibility index (Phi) is 13.2. The molecule has 0 fully saturated rings. The largest absolute Gasteiger partial charge is 0.394 e. The van der Waals surface area contributed by atoms with Gasteiger partial charge in [0.05, 0.1) is 44.2 Å². The Morgan fingerprint density at radius 3 is 1.95 bits per heavy atom. The molecule has 0 rings (SSSR count). The van der Waals surface area contributed by atoms with Crippen LogP contribution in [0.5, 0.6) is 0 Å². The van der Waals surface area contributed by atoms with Gasteiger partial charge in [-0.05, 0) is 33.1 Å². The topological polar surface area (TPSA) is 47.9 Å². The van der Waals surface area contributed by atoms with Gasteiger partial charge in [-0.2, -0.15) is 0 Å². The first-order valence-electron chi connectivity index (χ1n) is 8.90. The summed E-state index contributed by atoms with van der Waals surface area (Å²) in [5.41, 5.74) is 0. The van der Waals surface area contributed by atoms with Crippen LogP contribution in [0.15, 0.2) is 0 Å². The van der Waals surface area contributed by atoms with E-state index in [4.69, 9.17) is 19.3 Å². The van der Waals surface area contributed by atoms with Crippen molar-refractivity contribution in [3.63, 3.8) is 0 Å². The highest BCUT2D eigenvalue weighted by Crippen LogP contribution is 2.17. The monoisotopic (exact) mass is 318 g/mol. The summed E-state index contributed by atoms with van der Waals surface area (Å²) in [6.45, 7) is 13.7. The predicted molar refractivity (Wildman–Crippen MR) is 91.2 cm³/mol. The summed E-state index contributed by atoms with van der Waals surface area (Å²) < 4.78 is 17.4. The lowest BCUT2D eigenvalue weighted by molar-refractivity contribution is -0.0991. The van der Waals surface area contributed by atoms with E-state index in [0.29, 0.717) is 25.2 Å². The lowest BCUT2D eigenvalue weighted by Crippen LogP contribution is -2.30. The number of aliphatic hydroxyl groups excluding tert-OH is 1. The van der Waals surface area contributed by atoms with Crippen LogP contribution in [0.2, 0.25) is 0 Å². The van der Waals surface area contributed by atoms with Crippen LogP contribution in [-0.4, -0.2) is 49.3 Å². The van der Waals surface area contributed by atoms with Crippen LogP contribution in [0.4, 0.5) is 0 Å². The van der Waals surface area contributed by atoms with Gasteiger partial charge >= 0.3 is 0 Å². The Balaban J connectivity index is 3.94. The zero-order valence-electron chi connectivity index (χ0n) is 15.5. The van der Waals surface area contributed by atoms with Crippen molar-refractivity contribution in [1.29, 1.82) is 0 Å². The van der Waals surface area contributed by atoms with Gasteiger partial charge in [-0.1, -0.05) is 40.0 Å². The van der Waals surface area contributed by atoms with Crippen molar-refractivity contribution in [2.24, 2.45) is 5.92 Å². The van der Waals surface area contributed by atoms with Gasteiger partial charge < -0.3 is 19.3 Å². The third-order valence-corrected chi connectivity index (χ3v) is 3.73. The van der Waals surface area contributed by atoms with Crippen molar-refractivity contribution in [3.05, 3.63) is 0 Å². The maximum absolute atomic E-state index is 8.92. The summed E-state index contributed by atoms with van der Waals surface area (Å²) in [6.07, 6.45) is 5.15. The maximum atomic E-state index is 8.92. The second-order valence-electron chi connectivity index (χ2n) is 6.70. The number of ether oxygens (including phenoxy) is 3. The van der Waals surface area contributed by atoms with Gasteiger partial charge in [-0.25, -0.2) is 0 Å². The van der Waals surface area contributed by atoms with Crippen LogP contribution >= 0.6 is 0 Å². The van der Waals surface area contributed by atoms with E-state index in [2.05, 4.69) is 27.7 Å². The Bertz CT molecular complexity index is 245. The number of hydrogen-bond donors (Lipinski definition) is 1. The highest BCUT2D eigenvalue weighted by Gasteiger charge is 2.18. The summed E-state index contributed by atoms with van der Waals surface area (Å²) in [5, 5.41) is 8.92. The number of rotatable bonds is 14. The molecule has 4 heteroatoms. The van der Waals surface area contributed by atoms with E-state index >= 15 is 0 Å². The molecule has 0 aliphatic rings. The quantitative estimate of drug-likeness (QED) is 0.495. The minimum absolute atomic E-state index is 0.0117. The van der Waals surface area contributed by atoms with E-state index in [1.54, 1.807) is 0 Å². The van der Waals surface area contributed by atoms with Gasteiger partial charge in [0.25, 0.3) is 0 Å². The predicted octanol–water partition coefficient (Wildman–Crippen LogP) is 3.80. The summed E-state index contributed by atoms with van der Waals surface area (Å²) in [5.74, 6) is 0.533. The molecular formula is C18H38O4. The first kappa shape index (κ1) is 21.8. The van der Waals surface area contributed by atoms with Crippen LogP contribution in [0.3, 0.4) is 0 Å². The molecule has 22 heavy (non-hydrogen) atoms. The van der Waals surface area contributed by atoms with Crippen molar-refractivity contribution in [1.82, 2.24) is 0 Å².